The van der Waals surface area contributed by atoms with Crippen LogP contribution in [0, 0.1) is 5.41 Å². The molecule has 2 aliphatic rings. The standard InChI is InChI=1S/C18H33N5O2.HI/c1-5-19-17(21-14-8-9-15(24)23(4)12-14)20-13-18(10-6-7-11-18)16(25)22(2)3;/h14H,5-13H2,1-4H3,(H2,19,20,21);1H. The topological polar surface area (TPSA) is 77.0 Å². The fraction of sp³-hybridized carbons (Fsp3) is 0.833. The van der Waals surface area contributed by atoms with Crippen molar-refractivity contribution >= 4 is 41.8 Å². The molecule has 2 rings (SSSR count). The van der Waals surface area contributed by atoms with Crippen molar-refractivity contribution in [3.63, 3.8) is 0 Å². The predicted octanol–water partition coefficient (Wildman–Crippen LogP) is 1.43. The molecular formula is C18H34IN5O2. The van der Waals surface area contributed by atoms with Crippen LogP contribution in [0.2, 0.25) is 0 Å². The van der Waals surface area contributed by atoms with E-state index in [4.69, 9.17) is 4.99 Å². The number of likely N-dealkylation sites (tertiary alicyclic amines) is 1. The monoisotopic (exact) mass is 479 g/mol. The summed E-state index contributed by atoms with van der Waals surface area (Å²) in [6.45, 7) is 4.00. The highest BCUT2D eigenvalue weighted by Gasteiger charge is 2.42. The molecule has 2 amide bonds. The van der Waals surface area contributed by atoms with Crippen molar-refractivity contribution < 1.29 is 9.59 Å². The molecule has 0 aromatic carbocycles. The summed E-state index contributed by atoms with van der Waals surface area (Å²) in [5.74, 6) is 1.13. The summed E-state index contributed by atoms with van der Waals surface area (Å²) < 4.78 is 0. The first-order chi connectivity index (χ1) is 11.9. The summed E-state index contributed by atoms with van der Waals surface area (Å²) in [5.41, 5.74) is -0.356. The Morgan fingerprint density at radius 2 is 2.00 bits per heavy atom. The van der Waals surface area contributed by atoms with Crippen LogP contribution in [0.1, 0.15) is 45.4 Å². The van der Waals surface area contributed by atoms with Crippen LogP contribution >= 0.6 is 24.0 Å². The van der Waals surface area contributed by atoms with Gasteiger partial charge >= 0.3 is 0 Å². The molecule has 1 heterocycles. The number of carbonyl (C=O) groups excluding carboxylic acids is 2. The second kappa shape index (κ2) is 10.3. The van der Waals surface area contributed by atoms with Gasteiger partial charge in [0.2, 0.25) is 11.8 Å². The number of hydrogen-bond acceptors (Lipinski definition) is 3. The number of carbonyl (C=O) groups is 2. The average molecular weight is 479 g/mol. The van der Waals surface area contributed by atoms with Gasteiger partial charge in [0.15, 0.2) is 5.96 Å². The van der Waals surface area contributed by atoms with E-state index in [2.05, 4.69) is 10.6 Å². The van der Waals surface area contributed by atoms with Crippen molar-refractivity contribution in [3.05, 3.63) is 0 Å². The Kier molecular flexibility index (Phi) is 9.12. The largest absolute Gasteiger partial charge is 0.357 e. The van der Waals surface area contributed by atoms with Crippen molar-refractivity contribution in [1.82, 2.24) is 20.4 Å². The number of piperidine rings is 1. The summed E-state index contributed by atoms with van der Waals surface area (Å²) in [7, 11) is 5.48. The van der Waals surface area contributed by atoms with Gasteiger partial charge in [-0.3, -0.25) is 14.6 Å². The van der Waals surface area contributed by atoms with Gasteiger partial charge in [-0.25, -0.2) is 0 Å². The van der Waals surface area contributed by atoms with Gasteiger partial charge in [-0.05, 0) is 26.2 Å². The third-order valence-electron chi connectivity index (χ3n) is 5.27. The first kappa shape index (κ1) is 23.0. The summed E-state index contributed by atoms with van der Waals surface area (Å²) >= 11 is 0. The third kappa shape index (κ3) is 5.72. The maximum absolute atomic E-state index is 12.7. The molecule has 2 N–H and O–H groups in total. The molecule has 1 aliphatic heterocycles. The van der Waals surface area contributed by atoms with Gasteiger partial charge in [0.25, 0.3) is 0 Å². The van der Waals surface area contributed by atoms with Crippen LogP contribution in [0.15, 0.2) is 4.99 Å². The number of aliphatic imine (C=N–C) groups is 1. The van der Waals surface area contributed by atoms with Gasteiger partial charge in [0, 0.05) is 46.7 Å². The van der Waals surface area contributed by atoms with Crippen molar-refractivity contribution in [3.8, 4) is 0 Å². The van der Waals surface area contributed by atoms with E-state index in [1.165, 1.54) is 0 Å². The van der Waals surface area contributed by atoms with Gasteiger partial charge in [-0.1, -0.05) is 12.8 Å². The lowest BCUT2D eigenvalue weighted by Crippen LogP contribution is -2.52. The smallest absolute Gasteiger partial charge is 0.230 e. The number of hydrogen-bond donors (Lipinski definition) is 2. The second-order valence-electron chi connectivity index (χ2n) is 7.54. The molecule has 0 radical (unpaired) electrons. The Bertz CT molecular complexity index is 518. The summed E-state index contributed by atoms with van der Waals surface area (Å²) in [4.78, 5) is 32.5. The minimum absolute atomic E-state index is 0. The molecule has 0 aromatic rings. The molecule has 1 saturated carbocycles. The zero-order valence-electron chi connectivity index (χ0n) is 16.5. The number of halogens is 1. The normalized spacial score (nSPS) is 22.6. The first-order valence-electron chi connectivity index (χ1n) is 9.38. The molecule has 7 nitrogen and oxygen atoms in total. The lowest BCUT2D eigenvalue weighted by atomic mass is 9.85. The van der Waals surface area contributed by atoms with E-state index in [1.54, 1.807) is 9.80 Å². The zero-order chi connectivity index (χ0) is 18.4. The lowest BCUT2D eigenvalue weighted by Gasteiger charge is -2.32. The van der Waals surface area contributed by atoms with Crippen LogP contribution in [-0.4, -0.2) is 74.4 Å². The molecule has 1 aliphatic carbocycles. The van der Waals surface area contributed by atoms with Gasteiger partial charge < -0.3 is 20.4 Å². The number of amides is 2. The Hall–Kier alpha value is -1.06. The van der Waals surface area contributed by atoms with Crippen LogP contribution in [-0.2, 0) is 9.59 Å². The summed E-state index contributed by atoms with van der Waals surface area (Å²) in [6.07, 6.45) is 5.39. The molecule has 0 bridgehead atoms. The zero-order valence-corrected chi connectivity index (χ0v) is 18.8. The maximum atomic E-state index is 12.7. The van der Waals surface area contributed by atoms with E-state index in [0.29, 0.717) is 19.5 Å². The van der Waals surface area contributed by atoms with Crippen LogP contribution in [0.5, 0.6) is 0 Å². The molecule has 0 aromatic heterocycles. The highest BCUT2D eigenvalue weighted by molar-refractivity contribution is 14.0. The van der Waals surface area contributed by atoms with E-state index in [0.717, 1.165) is 44.6 Å². The van der Waals surface area contributed by atoms with Crippen molar-refractivity contribution in [2.75, 3.05) is 40.8 Å². The highest BCUT2D eigenvalue weighted by Crippen LogP contribution is 2.39. The highest BCUT2D eigenvalue weighted by atomic mass is 127. The van der Waals surface area contributed by atoms with Crippen LogP contribution in [0.3, 0.4) is 0 Å². The van der Waals surface area contributed by atoms with E-state index >= 15 is 0 Å². The predicted molar refractivity (Wildman–Crippen MR) is 115 cm³/mol. The van der Waals surface area contributed by atoms with Crippen molar-refractivity contribution in [2.24, 2.45) is 10.4 Å². The van der Waals surface area contributed by atoms with E-state index in [9.17, 15) is 9.59 Å². The molecule has 0 spiro atoms. The van der Waals surface area contributed by atoms with Crippen LogP contribution in [0.4, 0.5) is 0 Å². The molecular weight excluding hydrogens is 445 g/mol. The Labute approximate surface area is 174 Å². The molecule has 1 saturated heterocycles. The summed E-state index contributed by atoms with van der Waals surface area (Å²) in [6, 6.07) is 0.199. The first-order valence-corrected chi connectivity index (χ1v) is 9.38. The van der Waals surface area contributed by atoms with Gasteiger partial charge in [-0.2, -0.15) is 0 Å². The number of nitrogens with zero attached hydrogens (tertiary/aromatic N) is 3. The van der Waals surface area contributed by atoms with Gasteiger partial charge in [0.1, 0.15) is 0 Å². The molecule has 1 unspecified atom stereocenters. The van der Waals surface area contributed by atoms with Gasteiger partial charge in [0.05, 0.1) is 12.0 Å². The number of likely N-dealkylation sites (N-methyl/N-ethyl adjacent to an activating group) is 1. The Balaban J connectivity index is 0.00000338. The van der Waals surface area contributed by atoms with E-state index in [-0.39, 0.29) is 47.2 Å². The van der Waals surface area contributed by atoms with Crippen LogP contribution < -0.4 is 10.6 Å². The maximum Gasteiger partial charge on any atom is 0.230 e. The molecule has 2 fully saturated rings. The fourth-order valence-electron chi connectivity index (χ4n) is 3.84. The third-order valence-corrected chi connectivity index (χ3v) is 5.27. The lowest BCUT2D eigenvalue weighted by molar-refractivity contribution is -0.138. The fourth-order valence-corrected chi connectivity index (χ4v) is 3.84. The van der Waals surface area contributed by atoms with Gasteiger partial charge in [-0.15, -0.1) is 24.0 Å². The van der Waals surface area contributed by atoms with Crippen molar-refractivity contribution in [2.45, 2.75) is 51.5 Å². The molecule has 8 heteroatoms. The number of guanidine groups is 1. The Morgan fingerprint density at radius 1 is 1.35 bits per heavy atom. The minimum Gasteiger partial charge on any atom is -0.357 e. The SMILES string of the molecule is CCNC(=NCC1(C(=O)N(C)C)CCCC1)NC1CCC(=O)N(C)C1.I. The second-order valence-corrected chi connectivity index (χ2v) is 7.54. The molecule has 150 valence electrons. The molecule has 26 heavy (non-hydrogen) atoms. The van der Waals surface area contributed by atoms with E-state index < -0.39 is 0 Å². The quantitative estimate of drug-likeness (QED) is 0.356. The number of nitrogens with one attached hydrogen (secondary N) is 2. The minimum atomic E-state index is -0.356. The summed E-state index contributed by atoms with van der Waals surface area (Å²) in [5, 5.41) is 6.71. The molecule has 1 atom stereocenters. The van der Waals surface area contributed by atoms with Crippen LogP contribution in [0.25, 0.3) is 0 Å². The van der Waals surface area contributed by atoms with Crippen molar-refractivity contribution in [1.29, 1.82) is 0 Å². The average Bonchev–Trinajstić information content (AvgIpc) is 3.05. The Morgan fingerprint density at radius 3 is 2.54 bits per heavy atom. The van der Waals surface area contributed by atoms with E-state index in [1.807, 2.05) is 28.1 Å². The number of rotatable bonds is 5.